The lowest BCUT2D eigenvalue weighted by atomic mass is 9.44. The van der Waals surface area contributed by atoms with Gasteiger partial charge in [-0.15, -0.1) is 0 Å². The standard InChI is InChI=1S/C30H52.C29H50.C27H46.C22H38.C21H36.C20H34/c1-7-9-23-16-18-29(5)24(20-23)12-13-25-27-15-14-26(22(4)11-8-10-21(2)3)30(27,6)19-17-28(25)29;1-7-22-15-17-28(5)23(19-22)11-12-24-26-14-13-25(21(4)10-8-9-20(2)3)29(26,6)18-16-27(24)28;1-19(2)9-8-10-20(3)23-14-15-24-22-13-12-21-11-6-7-17-26(21,4)25(22)16-18-27(23,24)5;1-4-6-16-10-14-22(3)17(15-16)8-9-18-19-7-5-12-21(19,2)13-11-20(18)22;1-4-15-9-13-21(3)16(14-15)7-8-17-18-6-5-11-20(18,2)12-10-19(17)21;1-14-8-12-20(3)15(13-14)6-7-16-17-5-4-10-19(17,2)11-9-18(16)20/h12,21-23,25-28H,7-11,13-20H2,1-6H3;11,20-22,24-27H,7-10,12-19H2,1-6H3;12,19-20,22-25H,6-11,13-18H2,1-5H3;16-20H,4-15H2,1-3H3;15-19H,4-14H2,1-3H3;14-18H,4-13H2,1-3H3/t22-,23+,25+,26-,27+,28+,29+,30-;21-,22+,24+,25-,26+,27+,28+,29-;20-,22+,23-,24+,25+,26+,27-;16-,17+,18+,19+,20+,21+,22+;15-,16+,17+,18+,19+,20+,21+;14-,15+,16+,17+,18+,19+,20+/m111111/s1. The van der Waals surface area contributed by atoms with E-state index in [4.69, 9.17) is 0 Å². The fourth-order valence-corrected chi connectivity index (χ4v) is 50.4. The monoisotopic (exact) mass is 2050 g/mol. The lowest BCUT2D eigenvalue weighted by Crippen LogP contribution is -2.52. The van der Waals surface area contributed by atoms with Crippen molar-refractivity contribution in [2.24, 2.45) is 272 Å². The molecule has 24 rings (SSSR count). The summed E-state index contributed by atoms with van der Waals surface area (Å²) in [5, 5.41) is 0. The Morgan fingerprint density at radius 3 is 0.960 bits per heavy atom. The molecule has 852 valence electrons. The zero-order valence-corrected chi connectivity index (χ0v) is 105. The van der Waals surface area contributed by atoms with Crippen molar-refractivity contribution in [2.45, 2.75) is 629 Å². The van der Waals surface area contributed by atoms with Crippen LogP contribution in [-0.2, 0) is 0 Å². The fraction of sp³-hybridized carbons (Fsp3) is 0.960. The van der Waals surface area contributed by atoms with Crippen molar-refractivity contribution in [3.05, 3.63) is 34.9 Å². The topological polar surface area (TPSA) is 0 Å². The molecule has 21 fully saturated rings. The van der Waals surface area contributed by atoms with Gasteiger partial charge in [-0.3, -0.25) is 0 Å². The van der Waals surface area contributed by atoms with Crippen LogP contribution in [0.2, 0.25) is 0 Å². The highest BCUT2D eigenvalue weighted by Gasteiger charge is 2.67. The largest absolute Gasteiger partial charge is 0.0845 e. The molecule has 21 saturated carbocycles. The van der Waals surface area contributed by atoms with Gasteiger partial charge >= 0.3 is 0 Å². The zero-order chi connectivity index (χ0) is 106. The molecule has 0 aromatic heterocycles. The predicted octanol–water partition coefficient (Wildman–Crippen LogP) is 46.3. The Bertz CT molecular complexity index is 4360. The van der Waals surface area contributed by atoms with Crippen molar-refractivity contribution in [3.8, 4) is 0 Å². The van der Waals surface area contributed by atoms with Crippen molar-refractivity contribution >= 4 is 0 Å². The average molecular weight is 2050 g/mol. The Balaban J connectivity index is 0.000000113. The second-order valence-corrected chi connectivity index (χ2v) is 67.6. The van der Waals surface area contributed by atoms with Crippen molar-refractivity contribution < 1.29 is 0 Å². The van der Waals surface area contributed by atoms with E-state index in [2.05, 4.69) is 198 Å². The summed E-state index contributed by atoms with van der Waals surface area (Å²) in [6, 6.07) is 0. The van der Waals surface area contributed by atoms with Gasteiger partial charge in [0.15, 0.2) is 0 Å². The van der Waals surface area contributed by atoms with Crippen LogP contribution in [0.4, 0.5) is 0 Å². The van der Waals surface area contributed by atoms with Gasteiger partial charge in [-0.25, -0.2) is 0 Å². The first-order valence-corrected chi connectivity index (χ1v) is 70.2. The third-order valence-corrected chi connectivity index (χ3v) is 59.4. The summed E-state index contributed by atoms with van der Waals surface area (Å²) in [5.74, 6) is 35.6. The third kappa shape index (κ3) is 22.3. The van der Waals surface area contributed by atoms with Gasteiger partial charge in [0.1, 0.15) is 0 Å². The van der Waals surface area contributed by atoms with E-state index in [0.29, 0.717) is 32.5 Å². The molecule has 24 aliphatic carbocycles. The minimum atomic E-state index is 0.551. The smallest absolute Gasteiger partial charge is 0.00851 e. The van der Waals surface area contributed by atoms with Crippen LogP contribution in [0.25, 0.3) is 0 Å². The van der Waals surface area contributed by atoms with E-state index in [0.717, 1.165) is 240 Å². The molecule has 0 heteroatoms. The molecule has 24 aliphatic rings. The Morgan fingerprint density at radius 2 is 0.570 bits per heavy atom. The number of hydrogen-bond acceptors (Lipinski definition) is 0. The number of allylic oxidation sites excluding steroid dienone is 6. The summed E-state index contributed by atoms with van der Waals surface area (Å²) in [6.07, 6.45) is 114. The van der Waals surface area contributed by atoms with Crippen LogP contribution in [0.1, 0.15) is 629 Å². The van der Waals surface area contributed by atoms with E-state index < -0.39 is 0 Å². The van der Waals surface area contributed by atoms with Crippen LogP contribution in [0.3, 0.4) is 0 Å². The van der Waals surface area contributed by atoms with Gasteiger partial charge in [0.25, 0.3) is 0 Å². The average Bonchev–Trinajstić information content (AvgIpc) is 1.02. The van der Waals surface area contributed by atoms with Crippen LogP contribution in [0, 0.1) is 272 Å². The minimum Gasteiger partial charge on any atom is -0.0845 e. The van der Waals surface area contributed by atoms with E-state index in [1.165, 1.54) is 295 Å². The summed E-state index contributed by atoms with van der Waals surface area (Å²) >= 11 is 0. The second-order valence-electron chi connectivity index (χ2n) is 67.6. The lowest BCUT2D eigenvalue weighted by molar-refractivity contribution is -0.111. The van der Waals surface area contributed by atoms with Crippen LogP contribution in [0.15, 0.2) is 34.9 Å². The SMILES string of the molecule is CC(C)CCC[C@@H](C)[C@H]1CC[C@H]2[C@@H]3CC=C4CCCC[C@]4(C)[C@H]3CC[C@]12C.CCC[C@@H]1CC[C@@]2(C)[C@@H](CC[C@H]3[C@@H]4CCC[C@@]4(C)CC[C@@H]32)C1.CCC[C@H]1CC[C@@]2(C)C(=CC[C@H]3[C@@H]4CC[C@H]([C@H](C)CCCC(C)C)[C@@]4(C)CC[C@@H]32)C1.CC[C@@H]1CC[C@@]2(C)[C@@H](CC[C@H]3[C@@H]4CCC[C@@]4(C)CC[C@@H]32)C1.CC[C@H]1CC[C@@]2(C)C(=CC[C@H]3[C@@H]4CC[C@H]([C@H](C)CCCC(C)C)[C@@]4(C)CC[C@@H]32)C1.C[C@@H]1CC[C@@]2(C)[C@@H](CC[C@H]3[C@@H]4CCC[C@@]4(C)CC[C@@H]32)C1. The molecule has 0 amide bonds. The molecule has 0 saturated heterocycles. The molecule has 0 heterocycles. The Labute approximate surface area is 930 Å². The van der Waals surface area contributed by atoms with Crippen LogP contribution < -0.4 is 0 Å². The molecule has 0 N–H and O–H groups in total. The Hall–Kier alpha value is -0.780. The van der Waals surface area contributed by atoms with Crippen molar-refractivity contribution in [2.75, 3.05) is 0 Å². The van der Waals surface area contributed by atoms with Crippen LogP contribution in [-0.4, -0.2) is 0 Å². The molecular formula is C149H256. The molecule has 0 spiro atoms. The number of rotatable bonds is 21. The third-order valence-electron chi connectivity index (χ3n) is 59.4. The first-order chi connectivity index (χ1) is 71.1. The number of fused-ring (bicyclic) bond motifs is 30. The van der Waals surface area contributed by atoms with Crippen molar-refractivity contribution in [3.63, 3.8) is 0 Å². The van der Waals surface area contributed by atoms with E-state index in [-0.39, 0.29) is 0 Å². The van der Waals surface area contributed by atoms with Crippen molar-refractivity contribution in [1.82, 2.24) is 0 Å². The maximum Gasteiger partial charge on any atom is -0.00851 e. The zero-order valence-electron chi connectivity index (χ0n) is 105. The molecule has 0 nitrogen and oxygen atoms in total. The molecule has 0 radical (unpaired) electrons. The molecule has 0 unspecified atom stereocenters. The van der Waals surface area contributed by atoms with E-state index in [1.54, 1.807) is 154 Å². The van der Waals surface area contributed by atoms with Crippen LogP contribution >= 0.6 is 0 Å². The van der Waals surface area contributed by atoms with Crippen LogP contribution in [0.5, 0.6) is 0 Å². The number of hydrogen-bond donors (Lipinski definition) is 0. The first-order valence-electron chi connectivity index (χ1n) is 70.2. The highest BCUT2D eigenvalue weighted by atomic mass is 14.7. The van der Waals surface area contributed by atoms with Gasteiger partial charge in [-0.2, -0.15) is 0 Å². The second kappa shape index (κ2) is 47.2. The van der Waals surface area contributed by atoms with Gasteiger partial charge in [-0.05, 0) is 593 Å². The molecule has 149 heavy (non-hydrogen) atoms. The predicted molar refractivity (Wildman–Crippen MR) is 646 cm³/mol. The van der Waals surface area contributed by atoms with E-state index in [1.807, 2.05) is 16.7 Å². The fourth-order valence-electron chi connectivity index (χ4n) is 50.4. The molecule has 44 atom stereocenters. The molecule has 0 aromatic rings. The summed E-state index contributed by atoms with van der Waals surface area (Å²) < 4.78 is 0. The van der Waals surface area contributed by atoms with E-state index >= 15 is 0 Å². The minimum absolute atomic E-state index is 0.551. The van der Waals surface area contributed by atoms with Gasteiger partial charge in [0, 0.05) is 0 Å². The summed E-state index contributed by atoms with van der Waals surface area (Å²) in [7, 11) is 0. The van der Waals surface area contributed by atoms with Gasteiger partial charge in [0.05, 0.1) is 0 Å². The molecule has 0 bridgehead atoms. The quantitative estimate of drug-likeness (QED) is 0.101. The summed E-state index contributed by atoms with van der Waals surface area (Å²) in [5.41, 5.74) is 13.6. The maximum absolute atomic E-state index is 2.79. The maximum atomic E-state index is 2.79. The van der Waals surface area contributed by atoms with E-state index in [9.17, 15) is 0 Å². The normalized spacial score (nSPS) is 49.8. The Morgan fingerprint density at radius 1 is 0.248 bits per heavy atom. The Kier molecular flexibility index (Phi) is 36.8. The highest BCUT2D eigenvalue weighted by Crippen LogP contribution is 2.76. The van der Waals surface area contributed by atoms with Gasteiger partial charge in [-0.1, -0.05) is 343 Å². The van der Waals surface area contributed by atoms with Crippen molar-refractivity contribution in [1.29, 1.82) is 0 Å². The first kappa shape index (κ1) is 116. The summed E-state index contributed by atoms with van der Waals surface area (Å²) in [4.78, 5) is 0. The van der Waals surface area contributed by atoms with Gasteiger partial charge < -0.3 is 0 Å². The summed E-state index contributed by atoms with van der Waals surface area (Å²) in [6.45, 7) is 66.6. The lowest BCUT2D eigenvalue weighted by Gasteiger charge is -2.60. The highest BCUT2D eigenvalue weighted by molar-refractivity contribution is 5.29. The molecule has 0 aromatic carbocycles. The molecule has 0 aliphatic heterocycles. The molecular weight excluding hydrogens is 1790 g/mol. The van der Waals surface area contributed by atoms with Gasteiger partial charge in [0.2, 0.25) is 0 Å².